The Balaban J connectivity index is 1.99. The molecule has 0 spiro atoms. The van der Waals surface area contributed by atoms with E-state index in [0.29, 0.717) is 16.5 Å². The van der Waals surface area contributed by atoms with Gasteiger partial charge in [-0.15, -0.1) is 6.58 Å². The topological polar surface area (TPSA) is 312 Å². The van der Waals surface area contributed by atoms with E-state index in [4.69, 9.17) is 0 Å². The fourth-order valence-corrected chi connectivity index (χ4v) is 9.07. The van der Waals surface area contributed by atoms with Crippen molar-refractivity contribution < 1.29 is 58.6 Å². The number of aliphatic hydroxyl groups is 1. The zero-order valence-corrected chi connectivity index (χ0v) is 45.0. The van der Waals surface area contributed by atoms with Crippen molar-refractivity contribution in [2.75, 3.05) is 20.7 Å². The maximum atomic E-state index is 15.3. The monoisotopic (exact) mass is 1060 g/mol. The van der Waals surface area contributed by atoms with Crippen LogP contribution >= 0.6 is 0 Å². The average Bonchev–Trinajstić information content (AvgIpc) is 3.74. The Morgan fingerprint density at radius 2 is 1.33 bits per heavy atom. The molecule has 3 aromatic rings. The number of nitrogens with one attached hydrogen (secondary N) is 5. The fraction of sp³-hybridized carbons (Fsp3) is 0.519. The molecule has 2 aromatic carbocycles. The Bertz CT molecular complexity index is 2680. The van der Waals surface area contributed by atoms with Gasteiger partial charge < -0.3 is 56.3 Å². The number of benzene rings is 2. The minimum Gasteiger partial charge on any atom is -0.502 e. The number of aliphatic hydroxyl groups excluding tert-OH is 1. The number of carboxylic acid groups (broad SMARTS) is 1. The Kier molecular flexibility index (Phi) is 21.4. The number of para-hydroxylation sites is 1. The fourth-order valence-electron chi connectivity index (χ4n) is 9.07. The number of carbonyl (C=O) groups is 8. The molecule has 0 unspecified atom stereocenters. The van der Waals surface area contributed by atoms with E-state index < -0.39 is 130 Å². The quantitative estimate of drug-likeness (QED) is 0.0548. The van der Waals surface area contributed by atoms with Gasteiger partial charge in [0.2, 0.25) is 41.4 Å². The highest BCUT2D eigenvalue weighted by Gasteiger charge is 2.40. The largest absolute Gasteiger partial charge is 0.502 e. The molecular formula is C54H75N9O13. The summed E-state index contributed by atoms with van der Waals surface area (Å²) in [5.74, 6) is -9.65. The molecule has 0 radical (unpaired) electrons. The van der Waals surface area contributed by atoms with Gasteiger partial charge in [0.25, 0.3) is 0 Å². The maximum absolute atomic E-state index is 15.3. The van der Waals surface area contributed by atoms with Crippen molar-refractivity contribution in [2.24, 2.45) is 17.8 Å². The molecule has 0 aliphatic carbocycles. The van der Waals surface area contributed by atoms with Gasteiger partial charge in [-0.3, -0.25) is 48.5 Å². The molecule has 1 fully saturated rings. The summed E-state index contributed by atoms with van der Waals surface area (Å²) >= 11 is 0. The number of nitro groups is 1. The third kappa shape index (κ3) is 15.3. The van der Waals surface area contributed by atoms with Crippen LogP contribution in [0.15, 0.2) is 73.5 Å². The molecule has 414 valence electrons. The number of aliphatic carboxylic acids is 1. The van der Waals surface area contributed by atoms with Crippen LogP contribution in [-0.4, -0.2) is 145 Å². The second kappa shape index (κ2) is 26.7. The standard InChI is InChI=1S/C54H75N9O13/c1-12-14-18-37-46(66)59-40(27-35-28-62(54(9,13-2)29-64)41-19-16-15-17-36(35)41)52(72)61(11)43(23-31(5)6)49(69)58-39(25-34-20-21-45(65)42(26-34)63(75)76)47(67)55-33(8)51(71)60(10)44(24-32(7)53(73)74)50(70)57-38(22-30(3)4)48(68)56-37/h12-17,19-21,26,28,30-33,37-40,43-44,64-65H,2,18,22-25,27,29H2,1,3-11H3,(H,55,67)(H,56,68)(H,57,70)(H,58,69)(H,59,66)(H,73,74)/b14-12+/t32-,33+,37+,38+,39+,40+,43+,44+,54-/m1/s1. The van der Waals surface area contributed by atoms with Crippen molar-refractivity contribution in [3.8, 4) is 5.75 Å². The van der Waals surface area contributed by atoms with Crippen LogP contribution in [0.3, 0.4) is 0 Å². The first-order valence-electron chi connectivity index (χ1n) is 25.4. The predicted molar refractivity (Wildman–Crippen MR) is 283 cm³/mol. The Hall–Kier alpha value is -7.62. The summed E-state index contributed by atoms with van der Waals surface area (Å²) in [5.41, 5.74) is -0.375. The number of nitrogens with zero attached hydrogens (tertiary/aromatic N) is 4. The number of hydrogen-bond donors (Lipinski definition) is 8. The van der Waals surface area contributed by atoms with Crippen molar-refractivity contribution in [1.82, 2.24) is 41.0 Å². The molecule has 22 heteroatoms. The van der Waals surface area contributed by atoms with Crippen LogP contribution in [0.5, 0.6) is 5.75 Å². The lowest BCUT2D eigenvalue weighted by atomic mass is 9.97. The molecule has 1 aliphatic rings. The summed E-state index contributed by atoms with van der Waals surface area (Å²) in [7, 11) is 2.59. The van der Waals surface area contributed by atoms with Crippen molar-refractivity contribution in [3.05, 3.63) is 94.7 Å². The number of nitro benzene ring substituents is 1. The third-order valence-corrected chi connectivity index (χ3v) is 13.7. The first kappa shape index (κ1) is 60.9. The lowest BCUT2D eigenvalue weighted by molar-refractivity contribution is -0.385. The van der Waals surface area contributed by atoms with Gasteiger partial charge in [0.15, 0.2) is 5.75 Å². The van der Waals surface area contributed by atoms with Crippen LogP contribution in [0, 0.1) is 27.9 Å². The lowest BCUT2D eigenvalue weighted by Crippen LogP contribution is -2.60. The number of carbonyl (C=O) groups excluding carboxylic acids is 7. The molecule has 1 saturated heterocycles. The molecule has 22 nitrogen and oxygen atoms in total. The van der Waals surface area contributed by atoms with E-state index in [2.05, 4.69) is 33.2 Å². The van der Waals surface area contributed by atoms with E-state index in [1.807, 2.05) is 12.1 Å². The highest BCUT2D eigenvalue weighted by atomic mass is 16.6. The zero-order valence-electron chi connectivity index (χ0n) is 45.0. The van der Waals surface area contributed by atoms with E-state index in [-0.39, 0.29) is 49.7 Å². The highest BCUT2D eigenvalue weighted by molar-refractivity contribution is 5.99. The van der Waals surface area contributed by atoms with Crippen LogP contribution in [0.1, 0.15) is 92.2 Å². The second-order valence-electron chi connectivity index (χ2n) is 20.7. The number of hydrogen-bond acceptors (Lipinski definition) is 12. The van der Waals surface area contributed by atoms with Crippen molar-refractivity contribution in [1.29, 1.82) is 0 Å². The minimum atomic E-state index is -1.61. The Labute approximate surface area is 442 Å². The Morgan fingerprint density at radius 1 is 0.776 bits per heavy atom. The minimum absolute atomic E-state index is 0.00927. The van der Waals surface area contributed by atoms with Crippen LogP contribution in [0.4, 0.5) is 5.69 Å². The summed E-state index contributed by atoms with van der Waals surface area (Å²) in [6.07, 6.45) is 5.49. The number of phenols is 1. The zero-order chi connectivity index (χ0) is 56.9. The SMILES string of the molecule is C=C[C@](C)(CO)n1cc(C[C@@H]2NC(=O)[C@H](C/C=C/C)NC(=O)[C@H](CC(C)C)NC(=O)[C@H](C[C@@H](C)C(=O)O)N(C)C(=O)[C@H](C)NC(=O)[C@H](Cc3ccc(O)c([N+](=O)[O-])c3)NC(=O)[C@H](CC(C)C)N(C)C2=O)c2ccccc21. The van der Waals surface area contributed by atoms with Gasteiger partial charge in [-0.2, -0.15) is 0 Å². The first-order valence-corrected chi connectivity index (χ1v) is 25.4. The highest BCUT2D eigenvalue weighted by Crippen LogP contribution is 2.31. The molecule has 9 atom stereocenters. The van der Waals surface area contributed by atoms with Crippen LogP contribution in [-0.2, 0) is 56.7 Å². The van der Waals surface area contributed by atoms with Gasteiger partial charge >= 0.3 is 11.7 Å². The number of amides is 7. The van der Waals surface area contributed by atoms with Gasteiger partial charge in [0.1, 0.15) is 42.3 Å². The van der Waals surface area contributed by atoms with E-state index in [9.17, 15) is 59.0 Å². The van der Waals surface area contributed by atoms with E-state index in [1.165, 1.54) is 34.0 Å². The molecule has 8 N–H and O–H groups in total. The van der Waals surface area contributed by atoms with E-state index >= 15 is 4.79 Å². The van der Waals surface area contributed by atoms with Crippen molar-refractivity contribution in [3.63, 3.8) is 0 Å². The molecule has 2 heterocycles. The lowest BCUT2D eigenvalue weighted by Gasteiger charge is -2.33. The summed E-state index contributed by atoms with van der Waals surface area (Å²) in [6, 6.07) is 0.490. The number of rotatable bonds is 17. The number of likely N-dealkylation sites (N-methyl/N-ethyl adjacent to an activating group) is 2. The molecule has 4 rings (SSSR count). The number of phenolic OH excluding ortho intramolecular Hbond substituents is 1. The van der Waals surface area contributed by atoms with Crippen molar-refractivity contribution >= 4 is 63.9 Å². The van der Waals surface area contributed by atoms with Gasteiger partial charge in [0.05, 0.1) is 23.0 Å². The molecule has 76 heavy (non-hydrogen) atoms. The van der Waals surface area contributed by atoms with Crippen LogP contribution in [0.2, 0.25) is 0 Å². The number of aromatic nitrogens is 1. The predicted octanol–water partition coefficient (Wildman–Crippen LogP) is 3.21. The molecule has 1 aliphatic heterocycles. The van der Waals surface area contributed by atoms with Crippen LogP contribution < -0.4 is 26.6 Å². The van der Waals surface area contributed by atoms with Gasteiger partial charge in [-0.1, -0.05) is 77.1 Å². The summed E-state index contributed by atoms with van der Waals surface area (Å²) < 4.78 is 1.80. The molecule has 0 saturated carbocycles. The maximum Gasteiger partial charge on any atom is 0.310 e. The summed E-state index contributed by atoms with van der Waals surface area (Å²) in [6.45, 7) is 16.9. The average molecular weight is 1060 g/mol. The Morgan fingerprint density at radius 3 is 1.91 bits per heavy atom. The number of allylic oxidation sites excluding steroid dienone is 1. The van der Waals surface area contributed by atoms with Crippen LogP contribution in [0.25, 0.3) is 10.9 Å². The normalized spacial score (nSPS) is 23.3. The van der Waals surface area contributed by atoms with Gasteiger partial charge in [-0.05, 0) is 81.5 Å². The molecule has 0 bridgehead atoms. The number of fused-ring (bicyclic) bond motifs is 1. The number of aromatic hydroxyl groups is 1. The first-order chi connectivity index (χ1) is 35.7. The smallest absolute Gasteiger partial charge is 0.310 e. The van der Waals surface area contributed by atoms with Gasteiger partial charge in [-0.25, -0.2) is 0 Å². The summed E-state index contributed by atoms with van der Waals surface area (Å²) in [5, 5.41) is 56.8. The molecule has 1 aromatic heterocycles. The third-order valence-electron chi connectivity index (χ3n) is 13.7. The molecular weight excluding hydrogens is 983 g/mol. The van der Waals surface area contributed by atoms with Gasteiger partial charge in [0, 0.05) is 50.1 Å². The van der Waals surface area contributed by atoms with E-state index in [1.54, 1.807) is 82.7 Å². The van der Waals surface area contributed by atoms with E-state index in [0.717, 1.165) is 21.9 Å². The number of carboxylic acids is 1. The van der Waals surface area contributed by atoms with Crippen molar-refractivity contribution in [2.45, 2.75) is 142 Å². The summed E-state index contributed by atoms with van der Waals surface area (Å²) in [4.78, 5) is 128. The molecule has 7 amide bonds. The second-order valence-corrected chi connectivity index (χ2v) is 20.7.